The van der Waals surface area contributed by atoms with Gasteiger partial charge in [-0.3, -0.25) is 4.68 Å². The molecule has 2 aromatic rings. The van der Waals surface area contributed by atoms with Crippen LogP contribution in [0.15, 0.2) is 18.2 Å². The molecule has 0 bridgehead atoms. The Morgan fingerprint density at radius 2 is 2.15 bits per heavy atom. The summed E-state index contributed by atoms with van der Waals surface area (Å²) >= 11 is 0. The lowest BCUT2D eigenvalue weighted by molar-refractivity contribution is 0.0692. The van der Waals surface area contributed by atoms with Crippen molar-refractivity contribution >= 4 is 11.7 Å². The van der Waals surface area contributed by atoms with Crippen LogP contribution in [-0.2, 0) is 13.6 Å². The van der Waals surface area contributed by atoms with E-state index in [9.17, 15) is 9.18 Å². The molecule has 2 N–H and O–H groups in total. The zero-order valence-corrected chi connectivity index (χ0v) is 11.6. The van der Waals surface area contributed by atoms with Crippen LogP contribution in [0.3, 0.4) is 0 Å². The van der Waals surface area contributed by atoms with Crippen molar-refractivity contribution in [3.8, 4) is 0 Å². The normalized spacial score (nSPS) is 10.6. The van der Waals surface area contributed by atoms with Gasteiger partial charge in [0.05, 0.1) is 11.3 Å². The Kier molecular flexibility index (Phi) is 3.74. The smallest absolute Gasteiger partial charge is 0.338 e. The molecule has 0 amide bonds. The summed E-state index contributed by atoms with van der Waals surface area (Å²) in [6.07, 6.45) is 0. The first-order valence-corrected chi connectivity index (χ1v) is 6.16. The van der Waals surface area contributed by atoms with E-state index in [1.54, 1.807) is 4.68 Å². The second kappa shape index (κ2) is 5.32. The van der Waals surface area contributed by atoms with Gasteiger partial charge in [-0.05, 0) is 32.0 Å². The lowest BCUT2D eigenvalue weighted by Gasteiger charge is -2.08. The van der Waals surface area contributed by atoms with Gasteiger partial charge in [0.1, 0.15) is 5.82 Å². The predicted molar refractivity (Wildman–Crippen MR) is 73.4 cm³/mol. The molecular weight excluding hydrogens is 261 g/mol. The first kappa shape index (κ1) is 14.0. The van der Waals surface area contributed by atoms with Gasteiger partial charge >= 0.3 is 5.97 Å². The lowest BCUT2D eigenvalue weighted by Crippen LogP contribution is -2.05. The summed E-state index contributed by atoms with van der Waals surface area (Å²) in [5.74, 6) is -2.02. The fourth-order valence-corrected chi connectivity index (χ4v) is 2.06. The Morgan fingerprint density at radius 1 is 1.45 bits per heavy atom. The molecule has 0 aliphatic carbocycles. The summed E-state index contributed by atoms with van der Waals surface area (Å²) < 4.78 is 15.1. The van der Waals surface area contributed by atoms with Crippen molar-refractivity contribution < 1.29 is 14.3 Å². The Hall–Kier alpha value is -2.37. The third-order valence-electron chi connectivity index (χ3n) is 3.32. The SMILES string of the molecule is Cc1nn(C)c(C)c1CNc1ccc(F)c(C(=O)O)c1. The number of hydrogen-bond acceptors (Lipinski definition) is 3. The van der Waals surface area contributed by atoms with Crippen LogP contribution in [0.5, 0.6) is 0 Å². The number of carbonyl (C=O) groups is 1. The van der Waals surface area contributed by atoms with Gasteiger partial charge in [0.15, 0.2) is 0 Å². The highest BCUT2D eigenvalue weighted by Crippen LogP contribution is 2.18. The number of aromatic nitrogens is 2. The molecule has 0 aliphatic rings. The average Bonchev–Trinajstić information content (AvgIpc) is 2.62. The van der Waals surface area contributed by atoms with Crippen molar-refractivity contribution in [1.29, 1.82) is 0 Å². The summed E-state index contributed by atoms with van der Waals surface area (Å²) in [7, 11) is 1.87. The molecule has 0 fully saturated rings. The minimum absolute atomic E-state index is 0.338. The molecule has 0 radical (unpaired) electrons. The lowest BCUT2D eigenvalue weighted by atomic mass is 10.1. The molecule has 1 aromatic heterocycles. The van der Waals surface area contributed by atoms with Crippen molar-refractivity contribution in [2.45, 2.75) is 20.4 Å². The molecule has 106 valence electrons. The van der Waals surface area contributed by atoms with Gasteiger partial charge in [0, 0.05) is 30.5 Å². The van der Waals surface area contributed by atoms with Crippen molar-refractivity contribution in [1.82, 2.24) is 9.78 Å². The number of anilines is 1. The maximum atomic E-state index is 13.3. The van der Waals surface area contributed by atoms with E-state index in [1.807, 2.05) is 20.9 Å². The first-order chi connectivity index (χ1) is 9.40. The zero-order chi connectivity index (χ0) is 14.9. The number of aromatic carboxylic acids is 1. The van der Waals surface area contributed by atoms with Gasteiger partial charge in [-0.25, -0.2) is 9.18 Å². The van der Waals surface area contributed by atoms with Gasteiger partial charge in [0.25, 0.3) is 0 Å². The van der Waals surface area contributed by atoms with E-state index in [-0.39, 0.29) is 5.56 Å². The zero-order valence-electron chi connectivity index (χ0n) is 11.6. The summed E-state index contributed by atoms with van der Waals surface area (Å²) in [5.41, 5.74) is 3.23. The minimum atomic E-state index is -1.28. The maximum Gasteiger partial charge on any atom is 0.338 e. The van der Waals surface area contributed by atoms with Crippen molar-refractivity contribution in [3.63, 3.8) is 0 Å². The topological polar surface area (TPSA) is 67.2 Å². The number of carboxylic acids is 1. The van der Waals surface area contributed by atoms with Crippen molar-refractivity contribution in [2.24, 2.45) is 7.05 Å². The van der Waals surface area contributed by atoms with Crippen molar-refractivity contribution in [2.75, 3.05) is 5.32 Å². The van der Waals surface area contributed by atoms with E-state index in [0.29, 0.717) is 12.2 Å². The molecule has 0 spiro atoms. The molecule has 5 nitrogen and oxygen atoms in total. The van der Waals surface area contributed by atoms with Crippen LogP contribution in [0.1, 0.15) is 27.3 Å². The summed E-state index contributed by atoms with van der Waals surface area (Å²) in [6.45, 7) is 4.39. The van der Waals surface area contributed by atoms with Crippen LogP contribution in [0.4, 0.5) is 10.1 Å². The number of nitrogens with zero attached hydrogens (tertiary/aromatic N) is 2. The Balaban J connectivity index is 2.19. The second-order valence-corrected chi connectivity index (χ2v) is 4.63. The highest BCUT2D eigenvalue weighted by atomic mass is 19.1. The van der Waals surface area contributed by atoms with E-state index in [1.165, 1.54) is 12.1 Å². The van der Waals surface area contributed by atoms with E-state index in [2.05, 4.69) is 10.4 Å². The fourth-order valence-electron chi connectivity index (χ4n) is 2.06. The molecule has 0 saturated carbocycles. The minimum Gasteiger partial charge on any atom is -0.478 e. The average molecular weight is 277 g/mol. The third-order valence-corrected chi connectivity index (χ3v) is 3.32. The molecule has 0 aliphatic heterocycles. The highest BCUT2D eigenvalue weighted by molar-refractivity contribution is 5.89. The molecule has 20 heavy (non-hydrogen) atoms. The molecule has 2 rings (SSSR count). The van der Waals surface area contributed by atoms with Gasteiger partial charge in [-0.15, -0.1) is 0 Å². The van der Waals surface area contributed by atoms with Gasteiger partial charge < -0.3 is 10.4 Å². The third kappa shape index (κ3) is 2.64. The number of halogens is 1. The van der Waals surface area contributed by atoms with Gasteiger partial charge in [-0.1, -0.05) is 0 Å². The van der Waals surface area contributed by atoms with Crippen LogP contribution < -0.4 is 5.32 Å². The molecular formula is C14H16FN3O2. The van der Waals surface area contributed by atoms with Gasteiger partial charge in [0.2, 0.25) is 0 Å². The summed E-state index contributed by atoms with van der Waals surface area (Å²) in [6, 6.07) is 3.95. The standard InChI is InChI=1S/C14H16FN3O2/c1-8-12(9(2)18(3)17-8)7-16-10-4-5-13(15)11(6-10)14(19)20/h4-6,16H,7H2,1-3H3,(H,19,20). The second-order valence-electron chi connectivity index (χ2n) is 4.63. The fraction of sp³-hybridized carbons (Fsp3) is 0.286. The highest BCUT2D eigenvalue weighted by Gasteiger charge is 2.12. The molecule has 0 saturated heterocycles. The van der Waals surface area contributed by atoms with Crippen LogP contribution in [0.2, 0.25) is 0 Å². The van der Waals surface area contributed by atoms with Crippen LogP contribution in [0, 0.1) is 19.7 Å². The molecule has 0 unspecified atom stereocenters. The van der Waals surface area contributed by atoms with E-state index in [4.69, 9.17) is 5.11 Å². The number of aryl methyl sites for hydroxylation is 2. The predicted octanol–water partition coefficient (Wildman–Crippen LogP) is 2.49. The number of hydrogen-bond donors (Lipinski definition) is 2. The molecule has 6 heteroatoms. The molecule has 1 heterocycles. The Bertz CT molecular complexity index is 665. The van der Waals surface area contributed by atoms with Crippen LogP contribution in [0.25, 0.3) is 0 Å². The number of nitrogens with one attached hydrogen (secondary N) is 1. The Morgan fingerprint density at radius 3 is 2.70 bits per heavy atom. The quantitative estimate of drug-likeness (QED) is 0.901. The van der Waals surface area contributed by atoms with E-state index >= 15 is 0 Å². The van der Waals surface area contributed by atoms with Gasteiger partial charge in [-0.2, -0.15) is 5.10 Å². The number of rotatable bonds is 4. The van der Waals surface area contributed by atoms with E-state index < -0.39 is 11.8 Å². The number of carboxylic acid groups (broad SMARTS) is 1. The first-order valence-electron chi connectivity index (χ1n) is 6.16. The largest absolute Gasteiger partial charge is 0.478 e. The van der Waals surface area contributed by atoms with Crippen LogP contribution >= 0.6 is 0 Å². The van der Waals surface area contributed by atoms with Crippen LogP contribution in [-0.4, -0.2) is 20.9 Å². The molecule has 1 aromatic carbocycles. The summed E-state index contributed by atoms with van der Waals surface area (Å²) in [5, 5.41) is 16.3. The molecule has 0 atom stereocenters. The Labute approximate surface area is 116 Å². The monoisotopic (exact) mass is 277 g/mol. The number of benzene rings is 1. The van der Waals surface area contributed by atoms with E-state index in [0.717, 1.165) is 23.0 Å². The van der Waals surface area contributed by atoms with Crippen molar-refractivity contribution in [3.05, 3.63) is 46.5 Å². The maximum absolute atomic E-state index is 13.3. The summed E-state index contributed by atoms with van der Waals surface area (Å²) in [4.78, 5) is 10.9.